The maximum absolute atomic E-state index is 12.3. The zero-order valence-corrected chi connectivity index (χ0v) is 13.4. The van der Waals surface area contributed by atoms with Crippen molar-refractivity contribution in [1.29, 1.82) is 0 Å². The lowest BCUT2D eigenvalue weighted by Gasteiger charge is -2.17. The summed E-state index contributed by atoms with van der Waals surface area (Å²) >= 11 is 11.8. The number of benzene rings is 1. The first-order valence-corrected chi connectivity index (χ1v) is 7.85. The molecule has 1 aliphatic heterocycles. The van der Waals surface area contributed by atoms with Crippen molar-refractivity contribution in [2.75, 3.05) is 23.3 Å². The van der Waals surface area contributed by atoms with Crippen molar-refractivity contribution < 1.29 is 4.79 Å². The van der Waals surface area contributed by atoms with Crippen LogP contribution in [0.4, 0.5) is 11.4 Å². The zero-order valence-electron chi connectivity index (χ0n) is 11.9. The average molecular weight is 336 g/mol. The maximum Gasteiger partial charge on any atom is 0.257 e. The van der Waals surface area contributed by atoms with Gasteiger partial charge in [-0.15, -0.1) is 0 Å². The predicted molar refractivity (Wildman–Crippen MR) is 90.1 cm³/mol. The monoisotopic (exact) mass is 335 g/mol. The van der Waals surface area contributed by atoms with Gasteiger partial charge in [0.1, 0.15) is 0 Å². The SMILES string of the molecule is O=C(Nc1ccc(Cl)c(Cl)c1)c1cncc(N2CCCC2)c1. The van der Waals surface area contributed by atoms with E-state index < -0.39 is 0 Å². The molecule has 1 aliphatic rings. The number of carbonyl (C=O) groups excluding carboxylic acids is 1. The van der Waals surface area contributed by atoms with Gasteiger partial charge in [0, 0.05) is 25.0 Å². The van der Waals surface area contributed by atoms with Crippen LogP contribution in [0.5, 0.6) is 0 Å². The number of rotatable bonds is 3. The molecule has 2 heterocycles. The molecule has 1 aromatic carbocycles. The first kappa shape index (κ1) is 15.1. The molecule has 6 heteroatoms. The van der Waals surface area contributed by atoms with E-state index in [1.165, 1.54) is 12.8 Å². The minimum absolute atomic E-state index is 0.216. The summed E-state index contributed by atoms with van der Waals surface area (Å²) in [5, 5.41) is 3.67. The summed E-state index contributed by atoms with van der Waals surface area (Å²) in [6.07, 6.45) is 5.72. The first-order chi connectivity index (χ1) is 10.6. The number of anilines is 2. The van der Waals surface area contributed by atoms with Crippen molar-refractivity contribution in [3.63, 3.8) is 0 Å². The standard InChI is InChI=1S/C16H15Cl2N3O/c17-14-4-3-12(8-15(14)18)20-16(22)11-7-13(10-19-9-11)21-5-1-2-6-21/h3-4,7-10H,1-2,5-6H2,(H,20,22). The molecule has 0 saturated carbocycles. The van der Waals surface area contributed by atoms with Crippen molar-refractivity contribution in [1.82, 2.24) is 4.98 Å². The smallest absolute Gasteiger partial charge is 0.257 e. The minimum atomic E-state index is -0.216. The summed E-state index contributed by atoms with van der Waals surface area (Å²) in [5.41, 5.74) is 2.11. The van der Waals surface area contributed by atoms with Gasteiger partial charge in [0.05, 0.1) is 27.5 Å². The van der Waals surface area contributed by atoms with Crippen molar-refractivity contribution in [2.45, 2.75) is 12.8 Å². The number of halogens is 2. The number of carbonyl (C=O) groups is 1. The number of hydrogen-bond donors (Lipinski definition) is 1. The second-order valence-corrected chi connectivity index (χ2v) is 6.02. The molecule has 1 aromatic heterocycles. The third kappa shape index (κ3) is 3.34. The lowest BCUT2D eigenvalue weighted by atomic mass is 10.2. The van der Waals surface area contributed by atoms with E-state index in [0.717, 1.165) is 18.8 Å². The van der Waals surface area contributed by atoms with Gasteiger partial charge in [0.25, 0.3) is 5.91 Å². The highest BCUT2D eigenvalue weighted by Crippen LogP contribution is 2.25. The summed E-state index contributed by atoms with van der Waals surface area (Å²) < 4.78 is 0. The summed E-state index contributed by atoms with van der Waals surface area (Å²) in [4.78, 5) is 18.7. The van der Waals surface area contributed by atoms with E-state index in [1.807, 2.05) is 6.07 Å². The van der Waals surface area contributed by atoms with Crippen LogP contribution in [0, 0.1) is 0 Å². The average Bonchev–Trinajstić information content (AvgIpc) is 3.05. The van der Waals surface area contributed by atoms with Gasteiger partial charge in [-0.05, 0) is 37.1 Å². The van der Waals surface area contributed by atoms with E-state index in [1.54, 1.807) is 30.6 Å². The molecule has 0 unspecified atom stereocenters. The molecule has 4 nitrogen and oxygen atoms in total. The number of nitrogens with one attached hydrogen (secondary N) is 1. The molecule has 1 amide bonds. The predicted octanol–water partition coefficient (Wildman–Crippen LogP) is 4.24. The number of pyridine rings is 1. The lowest BCUT2D eigenvalue weighted by Crippen LogP contribution is -2.19. The quantitative estimate of drug-likeness (QED) is 0.912. The van der Waals surface area contributed by atoms with Gasteiger partial charge >= 0.3 is 0 Å². The molecule has 0 radical (unpaired) electrons. The molecular weight excluding hydrogens is 321 g/mol. The zero-order chi connectivity index (χ0) is 15.5. The van der Waals surface area contributed by atoms with Crippen LogP contribution in [-0.2, 0) is 0 Å². The lowest BCUT2D eigenvalue weighted by molar-refractivity contribution is 0.102. The Kier molecular flexibility index (Phi) is 4.50. The van der Waals surface area contributed by atoms with Crippen LogP contribution in [0.2, 0.25) is 10.0 Å². The third-order valence-corrected chi connectivity index (χ3v) is 4.37. The molecule has 1 N–H and O–H groups in total. The first-order valence-electron chi connectivity index (χ1n) is 7.10. The van der Waals surface area contributed by atoms with Gasteiger partial charge < -0.3 is 10.2 Å². The van der Waals surface area contributed by atoms with Gasteiger partial charge in [0.2, 0.25) is 0 Å². The van der Waals surface area contributed by atoms with Crippen LogP contribution in [0.3, 0.4) is 0 Å². The molecule has 3 rings (SSSR count). The molecule has 114 valence electrons. The summed E-state index contributed by atoms with van der Waals surface area (Å²) in [6.45, 7) is 2.03. The Balaban J connectivity index is 1.76. The Morgan fingerprint density at radius 2 is 1.86 bits per heavy atom. The maximum atomic E-state index is 12.3. The van der Waals surface area contributed by atoms with E-state index >= 15 is 0 Å². The highest BCUT2D eigenvalue weighted by molar-refractivity contribution is 6.42. The fourth-order valence-corrected chi connectivity index (χ4v) is 2.78. The Hall–Kier alpha value is -1.78. The Bertz CT molecular complexity index is 700. The Morgan fingerprint density at radius 1 is 1.09 bits per heavy atom. The second kappa shape index (κ2) is 6.55. The van der Waals surface area contributed by atoms with E-state index in [2.05, 4.69) is 15.2 Å². The molecule has 1 fully saturated rings. The topological polar surface area (TPSA) is 45.2 Å². The minimum Gasteiger partial charge on any atom is -0.370 e. The van der Waals surface area contributed by atoms with Crippen LogP contribution in [-0.4, -0.2) is 24.0 Å². The fourth-order valence-electron chi connectivity index (χ4n) is 2.48. The van der Waals surface area contributed by atoms with E-state index in [4.69, 9.17) is 23.2 Å². The van der Waals surface area contributed by atoms with Gasteiger partial charge in [0.15, 0.2) is 0 Å². The van der Waals surface area contributed by atoms with E-state index in [0.29, 0.717) is 21.3 Å². The summed E-state index contributed by atoms with van der Waals surface area (Å²) in [6, 6.07) is 6.85. The highest BCUT2D eigenvalue weighted by Gasteiger charge is 2.15. The Labute approximate surface area is 139 Å². The number of hydrogen-bond acceptors (Lipinski definition) is 3. The van der Waals surface area contributed by atoms with E-state index in [-0.39, 0.29) is 5.91 Å². The van der Waals surface area contributed by atoms with Crippen LogP contribution < -0.4 is 10.2 Å². The van der Waals surface area contributed by atoms with Crippen LogP contribution in [0.1, 0.15) is 23.2 Å². The molecule has 2 aromatic rings. The molecule has 22 heavy (non-hydrogen) atoms. The molecule has 0 bridgehead atoms. The number of nitrogens with zero attached hydrogens (tertiary/aromatic N) is 2. The van der Waals surface area contributed by atoms with Gasteiger partial charge in [-0.1, -0.05) is 23.2 Å². The van der Waals surface area contributed by atoms with Gasteiger partial charge in [-0.3, -0.25) is 9.78 Å². The van der Waals surface area contributed by atoms with Crippen molar-refractivity contribution in [3.05, 3.63) is 52.3 Å². The van der Waals surface area contributed by atoms with Crippen molar-refractivity contribution in [2.24, 2.45) is 0 Å². The van der Waals surface area contributed by atoms with Gasteiger partial charge in [-0.2, -0.15) is 0 Å². The molecule has 0 aliphatic carbocycles. The van der Waals surface area contributed by atoms with Crippen molar-refractivity contribution >= 4 is 40.5 Å². The number of aromatic nitrogens is 1. The normalized spacial score (nSPS) is 14.2. The molecule has 0 atom stereocenters. The van der Waals surface area contributed by atoms with E-state index in [9.17, 15) is 4.79 Å². The van der Waals surface area contributed by atoms with Crippen LogP contribution in [0.25, 0.3) is 0 Å². The second-order valence-electron chi connectivity index (χ2n) is 5.21. The number of amides is 1. The molecular formula is C16H15Cl2N3O. The Morgan fingerprint density at radius 3 is 2.59 bits per heavy atom. The summed E-state index contributed by atoms with van der Waals surface area (Å²) in [7, 11) is 0. The largest absolute Gasteiger partial charge is 0.370 e. The van der Waals surface area contributed by atoms with Crippen LogP contribution >= 0.6 is 23.2 Å². The van der Waals surface area contributed by atoms with Crippen LogP contribution in [0.15, 0.2) is 36.7 Å². The third-order valence-electron chi connectivity index (χ3n) is 3.63. The fraction of sp³-hybridized carbons (Fsp3) is 0.250. The summed E-state index contributed by atoms with van der Waals surface area (Å²) in [5.74, 6) is -0.216. The molecule has 1 saturated heterocycles. The molecule has 0 spiro atoms. The van der Waals surface area contributed by atoms with Gasteiger partial charge in [-0.25, -0.2) is 0 Å². The van der Waals surface area contributed by atoms with Crippen molar-refractivity contribution in [3.8, 4) is 0 Å². The highest BCUT2D eigenvalue weighted by atomic mass is 35.5.